The van der Waals surface area contributed by atoms with Gasteiger partial charge >= 0.3 is 0 Å². The summed E-state index contributed by atoms with van der Waals surface area (Å²) in [6, 6.07) is 15.7. The second-order valence-corrected chi connectivity index (χ2v) is 8.34. The van der Waals surface area contributed by atoms with Crippen molar-refractivity contribution in [3.63, 3.8) is 0 Å². The minimum atomic E-state index is -0.267. The van der Waals surface area contributed by atoms with E-state index in [9.17, 15) is 4.79 Å². The number of hydrogen-bond acceptors (Lipinski definition) is 5. The number of nitrogens with zero attached hydrogens (tertiary/aromatic N) is 2. The number of fused-ring (bicyclic) bond motifs is 1. The van der Waals surface area contributed by atoms with E-state index in [2.05, 4.69) is 34.5 Å². The highest BCUT2D eigenvalue weighted by Gasteiger charge is 2.22. The summed E-state index contributed by atoms with van der Waals surface area (Å²) < 4.78 is 0. The van der Waals surface area contributed by atoms with Crippen LogP contribution in [0.15, 0.2) is 64.6 Å². The summed E-state index contributed by atoms with van der Waals surface area (Å²) in [4.78, 5) is 21.4. The zero-order valence-corrected chi connectivity index (χ0v) is 17.5. The van der Waals surface area contributed by atoms with Crippen LogP contribution in [-0.2, 0) is 4.79 Å². The van der Waals surface area contributed by atoms with Crippen LogP contribution in [0.25, 0.3) is 17.0 Å². The Labute approximate surface area is 178 Å². The maximum absolute atomic E-state index is 12.4. The van der Waals surface area contributed by atoms with E-state index in [1.54, 1.807) is 6.20 Å². The predicted octanol–water partition coefficient (Wildman–Crippen LogP) is 5.79. The molecule has 3 aromatic rings. The van der Waals surface area contributed by atoms with Crippen molar-refractivity contribution >= 4 is 62.8 Å². The number of aliphatic imine (C=N–C) groups is 1. The number of nitrogens with one attached hydrogen (secondary N) is 2. The van der Waals surface area contributed by atoms with Gasteiger partial charge in [-0.3, -0.25) is 9.78 Å². The summed E-state index contributed by atoms with van der Waals surface area (Å²) in [6.45, 7) is 4.13. The predicted molar refractivity (Wildman–Crippen MR) is 124 cm³/mol. The van der Waals surface area contributed by atoms with Crippen molar-refractivity contribution < 1.29 is 4.79 Å². The van der Waals surface area contributed by atoms with Gasteiger partial charge in [-0.1, -0.05) is 23.7 Å². The van der Waals surface area contributed by atoms with Crippen LogP contribution >= 0.6 is 23.4 Å². The number of benzene rings is 2. The first-order valence-electron chi connectivity index (χ1n) is 9.18. The number of rotatable bonds is 4. The fourth-order valence-electron chi connectivity index (χ4n) is 2.96. The van der Waals surface area contributed by atoms with Crippen molar-refractivity contribution in [2.45, 2.75) is 19.9 Å². The van der Waals surface area contributed by atoms with E-state index < -0.39 is 0 Å². The number of amides is 1. The summed E-state index contributed by atoms with van der Waals surface area (Å²) in [7, 11) is 0. The van der Waals surface area contributed by atoms with Crippen LogP contribution in [0.1, 0.15) is 19.4 Å². The molecule has 0 unspecified atom stereocenters. The van der Waals surface area contributed by atoms with Crippen LogP contribution in [0.2, 0.25) is 5.02 Å². The Hall–Kier alpha value is -2.83. The highest BCUT2D eigenvalue weighted by Crippen LogP contribution is 2.32. The molecule has 146 valence electrons. The molecule has 0 aliphatic carbocycles. The Morgan fingerprint density at radius 1 is 1.14 bits per heavy atom. The summed E-state index contributed by atoms with van der Waals surface area (Å²) in [5.74, 6) is -0.267. The van der Waals surface area contributed by atoms with Crippen LogP contribution < -0.4 is 10.6 Å². The van der Waals surface area contributed by atoms with Gasteiger partial charge in [-0.05, 0) is 73.6 Å². The molecule has 29 heavy (non-hydrogen) atoms. The van der Waals surface area contributed by atoms with Gasteiger partial charge in [0.1, 0.15) is 0 Å². The smallest absolute Gasteiger partial charge is 0.286 e. The summed E-state index contributed by atoms with van der Waals surface area (Å²) >= 11 is 7.61. The lowest BCUT2D eigenvalue weighted by Gasteiger charge is -2.13. The number of hydrogen-bond donors (Lipinski definition) is 2. The van der Waals surface area contributed by atoms with Crippen molar-refractivity contribution in [3.8, 4) is 0 Å². The van der Waals surface area contributed by atoms with Gasteiger partial charge in [-0.2, -0.15) is 4.99 Å². The molecule has 0 atom stereocenters. The third kappa shape index (κ3) is 4.60. The molecule has 4 rings (SSSR count). The quantitative estimate of drug-likeness (QED) is 0.521. The highest BCUT2D eigenvalue weighted by molar-refractivity contribution is 8.18. The monoisotopic (exact) mass is 422 g/mol. The van der Waals surface area contributed by atoms with Crippen LogP contribution in [0.4, 0.5) is 11.4 Å². The number of carbonyl (C=O) groups is 1. The van der Waals surface area contributed by atoms with Gasteiger partial charge in [0, 0.05) is 23.3 Å². The molecular weight excluding hydrogens is 404 g/mol. The molecule has 0 bridgehead atoms. The fourth-order valence-corrected chi connectivity index (χ4v) is 3.95. The molecule has 1 amide bonds. The molecule has 7 heteroatoms. The number of anilines is 2. The zero-order valence-electron chi connectivity index (χ0n) is 15.9. The first-order chi connectivity index (χ1) is 14.0. The number of pyridine rings is 1. The first-order valence-corrected chi connectivity index (χ1v) is 10.4. The molecular formula is C22H19ClN4OS. The summed E-state index contributed by atoms with van der Waals surface area (Å²) in [6.07, 6.45) is 3.61. The van der Waals surface area contributed by atoms with E-state index in [4.69, 9.17) is 11.6 Å². The standard InChI is InChI=1S/C22H19ClN4OS/c1-13(2)25-16-6-7-17(23)19(12-16)26-22-27-21(28)20(29-22)11-14-5-8-18-15(10-14)4-3-9-24-18/h3-13,25H,1-2H3,(H,26,27,28). The van der Waals surface area contributed by atoms with Crippen molar-refractivity contribution in [2.24, 2.45) is 4.99 Å². The maximum Gasteiger partial charge on any atom is 0.286 e. The highest BCUT2D eigenvalue weighted by atomic mass is 35.5. The van der Waals surface area contributed by atoms with E-state index >= 15 is 0 Å². The largest absolute Gasteiger partial charge is 0.383 e. The van der Waals surface area contributed by atoms with Gasteiger partial charge < -0.3 is 10.6 Å². The fraction of sp³-hybridized carbons (Fsp3) is 0.136. The van der Waals surface area contributed by atoms with E-state index in [0.29, 0.717) is 26.8 Å². The third-order valence-electron chi connectivity index (χ3n) is 4.21. The van der Waals surface area contributed by atoms with E-state index in [0.717, 1.165) is 22.2 Å². The SMILES string of the molecule is CC(C)Nc1ccc(Cl)c(NC2=NC(=O)C(=Cc3ccc4ncccc4c3)S2)c1. The lowest BCUT2D eigenvalue weighted by molar-refractivity contribution is -0.113. The second-order valence-electron chi connectivity index (χ2n) is 6.91. The van der Waals surface area contributed by atoms with Crippen molar-refractivity contribution in [1.82, 2.24) is 4.98 Å². The molecule has 1 aliphatic rings. The van der Waals surface area contributed by atoms with Crippen LogP contribution in [-0.4, -0.2) is 22.1 Å². The number of halogens is 1. The third-order valence-corrected chi connectivity index (χ3v) is 5.44. The topological polar surface area (TPSA) is 66.4 Å². The molecule has 0 radical (unpaired) electrons. The summed E-state index contributed by atoms with van der Waals surface area (Å²) in [5, 5.41) is 8.60. The molecule has 0 saturated heterocycles. The molecule has 1 aliphatic heterocycles. The Bertz CT molecular complexity index is 1160. The lowest BCUT2D eigenvalue weighted by Crippen LogP contribution is -2.11. The summed E-state index contributed by atoms with van der Waals surface area (Å²) in [5.41, 5.74) is 3.50. The van der Waals surface area contributed by atoms with Crippen LogP contribution in [0, 0.1) is 0 Å². The number of thioether (sulfide) groups is 1. The Kier molecular flexibility index (Phi) is 5.56. The van der Waals surface area contributed by atoms with E-state index in [-0.39, 0.29) is 5.91 Å². The Balaban J connectivity index is 1.52. The van der Waals surface area contributed by atoms with Gasteiger partial charge in [0.2, 0.25) is 0 Å². The molecule has 2 aromatic carbocycles. The zero-order chi connectivity index (χ0) is 20.4. The minimum Gasteiger partial charge on any atom is -0.383 e. The molecule has 1 aromatic heterocycles. The van der Waals surface area contributed by atoms with Gasteiger partial charge in [0.15, 0.2) is 5.17 Å². The second kappa shape index (κ2) is 8.27. The number of carbonyl (C=O) groups excluding carboxylic acids is 1. The van der Waals surface area contributed by atoms with E-state index in [1.165, 1.54) is 11.8 Å². The van der Waals surface area contributed by atoms with Crippen molar-refractivity contribution in [3.05, 3.63) is 70.2 Å². The van der Waals surface area contributed by atoms with Gasteiger partial charge in [0.25, 0.3) is 5.91 Å². The Morgan fingerprint density at radius 3 is 2.83 bits per heavy atom. The van der Waals surface area contributed by atoms with Crippen LogP contribution in [0.5, 0.6) is 0 Å². The molecule has 2 heterocycles. The normalized spacial score (nSPS) is 15.2. The Morgan fingerprint density at radius 2 is 2.00 bits per heavy atom. The average molecular weight is 423 g/mol. The number of aromatic nitrogens is 1. The van der Waals surface area contributed by atoms with Crippen molar-refractivity contribution in [2.75, 3.05) is 10.6 Å². The van der Waals surface area contributed by atoms with Gasteiger partial charge in [-0.25, -0.2) is 0 Å². The minimum absolute atomic E-state index is 0.267. The average Bonchev–Trinajstić information content (AvgIpc) is 3.03. The molecule has 0 fully saturated rings. The van der Waals surface area contributed by atoms with Crippen LogP contribution in [0.3, 0.4) is 0 Å². The molecule has 0 spiro atoms. The van der Waals surface area contributed by atoms with Crippen molar-refractivity contribution in [1.29, 1.82) is 0 Å². The van der Waals surface area contributed by atoms with E-state index in [1.807, 2.05) is 54.6 Å². The maximum atomic E-state index is 12.4. The van der Waals surface area contributed by atoms with Gasteiger partial charge in [0.05, 0.1) is 21.1 Å². The first kappa shape index (κ1) is 19.5. The van der Waals surface area contributed by atoms with Gasteiger partial charge in [-0.15, -0.1) is 0 Å². The molecule has 2 N–H and O–H groups in total. The molecule has 5 nitrogen and oxygen atoms in total. The lowest BCUT2D eigenvalue weighted by atomic mass is 10.1. The number of amidine groups is 1. The molecule has 0 saturated carbocycles.